The minimum absolute atomic E-state index is 0.157. The molecule has 0 saturated carbocycles. The number of aryl methyl sites for hydroxylation is 2. The van der Waals surface area contributed by atoms with Gasteiger partial charge in [0.25, 0.3) is 11.5 Å². The van der Waals surface area contributed by atoms with Gasteiger partial charge in [0, 0.05) is 25.1 Å². The Morgan fingerprint density at radius 2 is 1.79 bits per heavy atom. The van der Waals surface area contributed by atoms with Gasteiger partial charge in [0.2, 0.25) is 0 Å². The normalized spacial score (nSPS) is 10.8. The summed E-state index contributed by atoms with van der Waals surface area (Å²) in [5.74, 6) is 1.06. The molecular weight excluding hydrogens is 376 g/mol. The van der Waals surface area contributed by atoms with E-state index in [1.54, 1.807) is 62.8 Å². The van der Waals surface area contributed by atoms with E-state index in [0.29, 0.717) is 37.8 Å². The van der Waals surface area contributed by atoms with E-state index in [-0.39, 0.29) is 11.5 Å². The van der Waals surface area contributed by atoms with Crippen molar-refractivity contribution in [3.8, 4) is 11.5 Å². The Labute approximate surface area is 164 Å². The molecule has 7 nitrogen and oxygen atoms in total. The van der Waals surface area contributed by atoms with E-state index >= 15 is 0 Å². The number of pyridine rings is 1. The lowest BCUT2D eigenvalue weighted by molar-refractivity contribution is 0.103. The first kappa shape index (κ1) is 17.9. The molecule has 0 bridgehead atoms. The Balaban J connectivity index is 1.54. The summed E-state index contributed by atoms with van der Waals surface area (Å²) in [5.41, 5.74) is 1.11. The number of nitrogens with zero attached hydrogens (tertiary/aromatic N) is 3. The van der Waals surface area contributed by atoms with Gasteiger partial charge in [-0.2, -0.15) is 0 Å². The molecule has 1 N–H and O–H groups in total. The number of amides is 1. The standard InChI is InChI=1S/C20H16N4O3S/c1-12-16-19(22-11-24(2)20(16)26)28-17(12)18(25)23-13-3-5-14(6-4-13)27-15-7-9-21-10-8-15/h3-11H,1-2H3,(H,23,25). The van der Waals surface area contributed by atoms with Gasteiger partial charge < -0.3 is 14.6 Å². The van der Waals surface area contributed by atoms with Crippen molar-refractivity contribution >= 4 is 33.1 Å². The van der Waals surface area contributed by atoms with Crippen LogP contribution in [0, 0.1) is 6.92 Å². The number of anilines is 1. The number of hydrogen-bond acceptors (Lipinski definition) is 6. The Morgan fingerprint density at radius 1 is 1.11 bits per heavy atom. The number of fused-ring (bicyclic) bond motifs is 1. The molecule has 4 rings (SSSR count). The number of rotatable bonds is 4. The number of aromatic nitrogens is 3. The van der Waals surface area contributed by atoms with E-state index in [4.69, 9.17) is 4.74 Å². The number of hydrogen-bond donors (Lipinski definition) is 1. The molecule has 1 amide bonds. The summed E-state index contributed by atoms with van der Waals surface area (Å²) in [6.07, 6.45) is 4.77. The Hall–Kier alpha value is -3.52. The summed E-state index contributed by atoms with van der Waals surface area (Å²) in [4.78, 5) is 34.2. The first-order valence-corrected chi connectivity index (χ1v) is 9.28. The second-order valence-corrected chi connectivity index (χ2v) is 7.16. The van der Waals surface area contributed by atoms with Crippen LogP contribution in [-0.4, -0.2) is 20.4 Å². The number of benzene rings is 1. The molecule has 8 heteroatoms. The molecule has 3 aromatic heterocycles. The van der Waals surface area contributed by atoms with E-state index in [0.717, 1.165) is 0 Å². The zero-order chi connectivity index (χ0) is 19.7. The Bertz CT molecular complexity index is 1210. The summed E-state index contributed by atoms with van der Waals surface area (Å²) in [5, 5.41) is 3.34. The van der Waals surface area contributed by atoms with Crippen LogP contribution in [0.1, 0.15) is 15.2 Å². The molecule has 140 valence electrons. The fourth-order valence-electron chi connectivity index (χ4n) is 2.76. The molecule has 0 fully saturated rings. The van der Waals surface area contributed by atoms with Crippen LogP contribution in [0.5, 0.6) is 11.5 Å². The Kier molecular flexibility index (Phi) is 4.62. The summed E-state index contributed by atoms with van der Waals surface area (Å²) in [7, 11) is 1.64. The van der Waals surface area contributed by atoms with Crippen molar-refractivity contribution in [1.29, 1.82) is 0 Å². The average molecular weight is 392 g/mol. The van der Waals surface area contributed by atoms with E-state index in [2.05, 4.69) is 15.3 Å². The highest BCUT2D eigenvalue weighted by atomic mass is 32.1. The predicted molar refractivity (Wildman–Crippen MR) is 108 cm³/mol. The first-order chi connectivity index (χ1) is 13.5. The highest BCUT2D eigenvalue weighted by molar-refractivity contribution is 7.20. The van der Waals surface area contributed by atoms with Gasteiger partial charge in [-0.05, 0) is 48.9 Å². The van der Waals surface area contributed by atoms with Gasteiger partial charge in [-0.15, -0.1) is 11.3 Å². The van der Waals surface area contributed by atoms with Gasteiger partial charge in [0.15, 0.2) is 0 Å². The van der Waals surface area contributed by atoms with E-state index < -0.39 is 0 Å². The molecule has 0 saturated heterocycles. The van der Waals surface area contributed by atoms with Crippen molar-refractivity contribution < 1.29 is 9.53 Å². The van der Waals surface area contributed by atoms with E-state index in [1.807, 2.05) is 0 Å². The van der Waals surface area contributed by atoms with Crippen LogP contribution in [0.15, 0.2) is 59.9 Å². The second-order valence-electron chi connectivity index (χ2n) is 6.16. The molecule has 0 radical (unpaired) electrons. The highest BCUT2D eigenvalue weighted by Crippen LogP contribution is 2.28. The van der Waals surface area contributed by atoms with Crippen molar-refractivity contribution in [2.45, 2.75) is 6.92 Å². The molecule has 0 aliphatic heterocycles. The average Bonchev–Trinajstić information content (AvgIpc) is 3.04. The van der Waals surface area contributed by atoms with Gasteiger partial charge in [-0.3, -0.25) is 14.6 Å². The van der Waals surface area contributed by atoms with Crippen LogP contribution in [0.3, 0.4) is 0 Å². The summed E-state index contributed by atoms with van der Waals surface area (Å²) in [6.45, 7) is 1.77. The van der Waals surface area contributed by atoms with Crippen molar-refractivity contribution in [2.24, 2.45) is 7.05 Å². The zero-order valence-corrected chi connectivity index (χ0v) is 16.0. The smallest absolute Gasteiger partial charge is 0.266 e. The third kappa shape index (κ3) is 3.37. The Morgan fingerprint density at radius 3 is 2.50 bits per heavy atom. The fraction of sp³-hybridized carbons (Fsp3) is 0.100. The molecule has 28 heavy (non-hydrogen) atoms. The van der Waals surface area contributed by atoms with Crippen molar-refractivity contribution in [2.75, 3.05) is 5.32 Å². The lowest BCUT2D eigenvalue weighted by Crippen LogP contribution is -2.17. The monoisotopic (exact) mass is 392 g/mol. The van der Waals surface area contributed by atoms with Crippen molar-refractivity contribution in [3.05, 3.63) is 75.9 Å². The minimum Gasteiger partial charge on any atom is -0.457 e. The van der Waals surface area contributed by atoms with Crippen LogP contribution in [-0.2, 0) is 7.05 Å². The van der Waals surface area contributed by atoms with Crippen LogP contribution in [0.4, 0.5) is 5.69 Å². The van der Waals surface area contributed by atoms with Gasteiger partial charge >= 0.3 is 0 Å². The number of ether oxygens (including phenoxy) is 1. The molecule has 4 aromatic rings. The van der Waals surface area contributed by atoms with Gasteiger partial charge in [0.05, 0.1) is 16.6 Å². The van der Waals surface area contributed by atoms with Crippen LogP contribution >= 0.6 is 11.3 Å². The van der Waals surface area contributed by atoms with Gasteiger partial charge in [0.1, 0.15) is 16.3 Å². The minimum atomic E-state index is -0.273. The number of thiophene rings is 1. The maximum absolute atomic E-state index is 12.7. The predicted octanol–water partition coefficient (Wildman–Crippen LogP) is 3.74. The highest BCUT2D eigenvalue weighted by Gasteiger charge is 2.19. The van der Waals surface area contributed by atoms with Crippen LogP contribution in [0.25, 0.3) is 10.2 Å². The quantitative estimate of drug-likeness (QED) is 0.572. The molecule has 3 heterocycles. The lowest BCUT2D eigenvalue weighted by atomic mass is 10.2. The molecule has 0 aliphatic carbocycles. The van der Waals surface area contributed by atoms with Crippen LogP contribution in [0.2, 0.25) is 0 Å². The maximum atomic E-state index is 12.7. The maximum Gasteiger partial charge on any atom is 0.266 e. The lowest BCUT2D eigenvalue weighted by Gasteiger charge is -2.07. The van der Waals surface area contributed by atoms with E-state index in [9.17, 15) is 9.59 Å². The summed E-state index contributed by atoms with van der Waals surface area (Å²) < 4.78 is 7.12. The second kappa shape index (κ2) is 7.24. The first-order valence-electron chi connectivity index (χ1n) is 8.47. The SMILES string of the molecule is Cc1c(C(=O)Nc2ccc(Oc3ccncc3)cc2)sc2ncn(C)c(=O)c12. The third-order valence-electron chi connectivity index (χ3n) is 4.21. The topological polar surface area (TPSA) is 86.1 Å². The molecular formula is C20H16N4O3S. The number of carbonyl (C=O) groups is 1. The van der Waals surface area contributed by atoms with Crippen molar-refractivity contribution in [3.63, 3.8) is 0 Å². The molecule has 0 unspecified atom stereocenters. The summed E-state index contributed by atoms with van der Waals surface area (Å²) >= 11 is 1.21. The molecule has 1 aromatic carbocycles. The van der Waals surface area contributed by atoms with Crippen LogP contribution < -0.4 is 15.6 Å². The number of carbonyl (C=O) groups excluding carboxylic acids is 1. The molecule has 0 spiro atoms. The largest absolute Gasteiger partial charge is 0.457 e. The zero-order valence-electron chi connectivity index (χ0n) is 15.2. The molecule has 0 atom stereocenters. The van der Waals surface area contributed by atoms with E-state index in [1.165, 1.54) is 22.2 Å². The van der Waals surface area contributed by atoms with Gasteiger partial charge in [-0.25, -0.2) is 4.98 Å². The fourth-order valence-corrected chi connectivity index (χ4v) is 3.80. The summed E-state index contributed by atoms with van der Waals surface area (Å²) in [6, 6.07) is 10.6. The van der Waals surface area contributed by atoms with Gasteiger partial charge in [-0.1, -0.05) is 0 Å². The molecule has 0 aliphatic rings. The van der Waals surface area contributed by atoms with Crippen molar-refractivity contribution in [1.82, 2.24) is 14.5 Å². The third-order valence-corrected chi connectivity index (χ3v) is 5.41. The number of nitrogens with one attached hydrogen (secondary N) is 1.